The Morgan fingerprint density at radius 2 is 2.08 bits per heavy atom. The fraction of sp³-hybridized carbons (Fsp3) is 0.333. The first-order chi connectivity index (χ1) is 12.0. The van der Waals surface area contributed by atoms with E-state index in [1.165, 1.54) is 6.26 Å². The highest BCUT2D eigenvalue weighted by atomic mass is 16.4. The standard InChI is InChI=1S/C18H22N4O3/c1-13-21-14-6-3-4-7-15(14)22(13)10-9-19-17(23)20-12-18(2,24)16-8-5-11-25-16/h3-8,11,24H,9-10,12H2,1-2H3,(H2,19,20,23). The SMILES string of the molecule is Cc1nc2ccccc2n1CCNC(=O)NCC(C)(O)c1ccco1. The summed E-state index contributed by atoms with van der Waals surface area (Å²) in [4.78, 5) is 16.4. The molecule has 0 aliphatic heterocycles. The molecule has 3 rings (SSSR count). The monoisotopic (exact) mass is 342 g/mol. The molecule has 2 aromatic heterocycles. The van der Waals surface area contributed by atoms with Gasteiger partial charge in [-0.1, -0.05) is 12.1 Å². The number of benzene rings is 1. The molecule has 0 bridgehead atoms. The van der Waals surface area contributed by atoms with Gasteiger partial charge in [0.1, 0.15) is 17.2 Å². The maximum atomic E-state index is 11.9. The third-order valence-electron chi connectivity index (χ3n) is 4.11. The van der Waals surface area contributed by atoms with Crippen LogP contribution in [-0.4, -0.2) is 33.8 Å². The second-order valence-electron chi connectivity index (χ2n) is 6.16. The van der Waals surface area contributed by atoms with E-state index in [1.54, 1.807) is 19.1 Å². The molecule has 7 nitrogen and oxygen atoms in total. The van der Waals surface area contributed by atoms with Crippen LogP contribution in [0.4, 0.5) is 4.79 Å². The number of para-hydroxylation sites is 2. The van der Waals surface area contributed by atoms with Crippen molar-refractivity contribution in [2.45, 2.75) is 26.0 Å². The number of carbonyl (C=O) groups excluding carboxylic acids is 1. The van der Waals surface area contributed by atoms with Crippen LogP contribution in [0, 0.1) is 6.92 Å². The summed E-state index contributed by atoms with van der Waals surface area (Å²) in [6.45, 7) is 4.66. The molecule has 3 aromatic rings. The Morgan fingerprint density at radius 1 is 1.28 bits per heavy atom. The summed E-state index contributed by atoms with van der Waals surface area (Å²) >= 11 is 0. The van der Waals surface area contributed by atoms with Crippen molar-refractivity contribution < 1.29 is 14.3 Å². The van der Waals surface area contributed by atoms with Gasteiger partial charge in [0.15, 0.2) is 0 Å². The van der Waals surface area contributed by atoms with E-state index in [0.29, 0.717) is 18.8 Å². The van der Waals surface area contributed by atoms with Crippen LogP contribution in [0.2, 0.25) is 0 Å². The Balaban J connectivity index is 1.50. The number of aliphatic hydroxyl groups is 1. The number of amides is 2. The number of hydrogen-bond acceptors (Lipinski definition) is 4. The van der Waals surface area contributed by atoms with Gasteiger partial charge < -0.3 is 24.7 Å². The molecule has 132 valence electrons. The average molecular weight is 342 g/mol. The Kier molecular flexibility index (Phi) is 4.76. The lowest BCUT2D eigenvalue weighted by molar-refractivity contribution is 0.0367. The minimum Gasteiger partial charge on any atom is -0.466 e. The van der Waals surface area contributed by atoms with Gasteiger partial charge in [0.2, 0.25) is 0 Å². The molecule has 25 heavy (non-hydrogen) atoms. The lowest BCUT2D eigenvalue weighted by atomic mass is 10.0. The zero-order chi connectivity index (χ0) is 17.9. The maximum absolute atomic E-state index is 11.9. The lowest BCUT2D eigenvalue weighted by Crippen LogP contribution is -2.44. The van der Waals surface area contributed by atoms with E-state index in [9.17, 15) is 9.90 Å². The van der Waals surface area contributed by atoms with Crippen molar-refractivity contribution in [2.24, 2.45) is 0 Å². The molecule has 1 atom stereocenters. The van der Waals surface area contributed by atoms with Crippen molar-refractivity contribution in [3.63, 3.8) is 0 Å². The minimum absolute atomic E-state index is 0.0549. The number of urea groups is 1. The first-order valence-corrected chi connectivity index (χ1v) is 8.17. The zero-order valence-electron chi connectivity index (χ0n) is 14.3. The largest absolute Gasteiger partial charge is 0.466 e. The van der Waals surface area contributed by atoms with E-state index < -0.39 is 5.60 Å². The molecule has 0 saturated carbocycles. The summed E-state index contributed by atoms with van der Waals surface area (Å²) in [7, 11) is 0. The number of hydrogen-bond donors (Lipinski definition) is 3. The third-order valence-corrected chi connectivity index (χ3v) is 4.11. The van der Waals surface area contributed by atoms with Crippen LogP contribution < -0.4 is 10.6 Å². The number of nitrogens with one attached hydrogen (secondary N) is 2. The van der Waals surface area contributed by atoms with E-state index in [2.05, 4.69) is 20.2 Å². The summed E-state index contributed by atoms with van der Waals surface area (Å²) in [5.41, 5.74) is 0.736. The molecule has 0 aliphatic rings. The molecule has 0 fully saturated rings. The van der Waals surface area contributed by atoms with Crippen LogP contribution in [0.5, 0.6) is 0 Å². The molecule has 3 N–H and O–H groups in total. The number of nitrogens with zero attached hydrogens (tertiary/aromatic N) is 2. The highest BCUT2D eigenvalue weighted by Gasteiger charge is 2.26. The summed E-state index contributed by atoms with van der Waals surface area (Å²) in [6, 6.07) is 10.9. The molecule has 0 aliphatic carbocycles. The van der Waals surface area contributed by atoms with Crippen molar-refractivity contribution in [2.75, 3.05) is 13.1 Å². The molecule has 1 aromatic carbocycles. The number of rotatable bonds is 6. The molecule has 0 saturated heterocycles. The zero-order valence-corrected chi connectivity index (χ0v) is 14.3. The maximum Gasteiger partial charge on any atom is 0.314 e. The van der Waals surface area contributed by atoms with Crippen LogP contribution in [0.3, 0.4) is 0 Å². The van der Waals surface area contributed by atoms with Crippen molar-refractivity contribution in [3.05, 3.63) is 54.2 Å². The highest BCUT2D eigenvalue weighted by molar-refractivity contribution is 5.76. The van der Waals surface area contributed by atoms with Gasteiger partial charge in [-0.3, -0.25) is 0 Å². The topological polar surface area (TPSA) is 92.3 Å². The number of furan rings is 1. The smallest absolute Gasteiger partial charge is 0.314 e. The molecule has 1 unspecified atom stereocenters. The van der Waals surface area contributed by atoms with Crippen molar-refractivity contribution >= 4 is 17.1 Å². The van der Waals surface area contributed by atoms with Gasteiger partial charge in [-0.15, -0.1) is 0 Å². The molecule has 2 amide bonds. The van der Waals surface area contributed by atoms with Gasteiger partial charge in [0, 0.05) is 13.1 Å². The predicted octanol–water partition coefficient (Wildman–Crippen LogP) is 2.14. The molecule has 0 spiro atoms. The molecule has 7 heteroatoms. The normalized spacial score (nSPS) is 13.6. The summed E-state index contributed by atoms with van der Waals surface area (Å²) in [5.74, 6) is 1.32. The summed E-state index contributed by atoms with van der Waals surface area (Å²) in [5, 5.41) is 15.8. The summed E-state index contributed by atoms with van der Waals surface area (Å²) in [6.07, 6.45) is 1.49. The number of carbonyl (C=O) groups is 1. The number of aromatic nitrogens is 2. The molecular formula is C18H22N4O3. The van der Waals surface area contributed by atoms with Gasteiger partial charge in [-0.05, 0) is 38.1 Å². The second kappa shape index (κ2) is 6.98. The van der Waals surface area contributed by atoms with Crippen LogP contribution >= 0.6 is 0 Å². The Labute approximate surface area is 145 Å². The van der Waals surface area contributed by atoms with Crippen molar-refractivity contribution in [1.82, 2.24) is 20.2 Å². The summed E-state index contributed by atoms with van der Waals surface area (Å²) < 4.78 is 7.25. The Bertz CT molecular complexity index is 852. The second-order valence-corrected chi connectivity index (χ2v) is 6.16. The molecule has 0 radical (unpaired) electrons. The van der Waals surface area contributed by atoms with Crippen molar-refractivity contribution in [1.29, 1.82) is 0 Å². The number of aryl methyl sites for hydroxylation is 1. The Morgan fingerprint density at radius 3 is 2.84 bits per heavy atom. The van der Waals surface area contributed by atoms with E-state index >= 15 is 0 Å². The van der Waals surface area contributed by atoms with Gasteiger partial charge in [-0.2, -0.15) is 0 Å². The Hall–Kier alpha value is -2.80. The quantitative estimate of drug-likeness (QED) is 0.640. The van der Waals surface area contributed by atoms with Gasteiger partial charge in [0.25, 0.3) is 0 Å². The molecular weight excluding hydrogens is 320 g/mol. The van der Waals surface area contributed by atoms with Gasteiger partial charge >= 0.3 is 6.03 Å². The average Bonchev–Trinajstić information content (AvgIpc) is 3.22. The van der Waals surface area contributed by atoms with Crippen LogP contribution in [-0.2, 0) is 12.1 Å². The number of imidazole rings is 1. The van der Waals surface area contributed by atoms with Crippen molar-refractivity contribution in [3.8, 4) is 0 Å². The minimum atomic E-state index is -1.25. The van der Waals surface area contributed by atoms with E-state index in [4.69, 9.17) is 4.42 Å². The lowest BCUT2D eigenvalue weighted by Gasteiger charge is -2.21. The van der Waals surface area contributed by atoms with Gasteiger partial charge in [0.05, 0.1) is 23.8 Å². The van der Waals surface area contributed by atoms with Gasteiger partial charge in [-0.25, -0.2) is 9.78 Å². The molecule has 2 heterocycles. The first kappa shape index (κ1) is 17.0. The van der Waals surface area contributed by atoms with E-state index in [0.717, 1.165) is 16.9 Å². The van der Waals surface area contributed by atoms with E-state index in [-0.39, 0.29) is 12.6 Å². The van der Waals surface area contributed by atoms with Crippen LogP contribution in [0.15, 0.2) is 47.1 Å². The van der Waals surface area contributed by atoms with Crippen LogP contribution in [0.1, 0.15) is 18.5 Å². The third kappa shape index (κ3) is 3.83. The first-order valence-electron chi connectivity index (χ1n) is 8.17. The fourth-order valence-corrected chi connectivity index (χ4v) is 2.75. The fourth-order valence-electron chi connectivity index (χ4n) is 2.75. The highest BCUT2D eigenvalue weighted by Crippen LogP contribution is 2.19. The number of fused-ring (bicyclic) bond motifs is 1. The predicted molar refractivity (Wildman–Crippen MR) is 94.2 cm³/mol. The van der Waals surface area contributed by atoms with Crippen LogP contribution in [0.25, 0.3) is 11.0 Å². The van der Waals surface area contributed by atoms with E-state index in [1.807, 2.05) is 31.2 Å².